The summed E-state index contributed by atoms with van der Waals surface area (Å²) in [4.78, 5) is 0. The van der Waals surface area contributed by atoms with Gasteiger partial charge < -0.3 is 0 Å². The standard InChI is InChI=1S/C5H10.C4H8/c1-3-5-4-2;1-3-4-2/h3,5H,4H2,1-2H3;3-4H,1-2H3/b5-3+;4-3+. The number of hydrogen-bond acceptors (Lipinski definition) is 0. The largest absolute Gasteiger partial charge is 0.0919 e. The highest BCUT2D eigenvalue weighted by Gasteiger charge is 1.52. The van der Waals surface area contributed by atoms with Crippen molar-refractivity contribution in [1.82, 2.24) is 0 Å². The van der Waals surface area contributed by atoms with Crippen molar-refractivity contribution in [2.45, 2.75) is 34.1 Å². The highest BCUT2D eigenvalue weighted by atomic mass is 13.6. The third kappa shape index (κ3) is 36.5. The molecule has 0 aromatic heterocycles. The van der Waals surface area contributed by atoms with Crippen molar-refractivity contribution in [3.05, 3.63) is 24.3 Å². The fourth-order valence-electron chi connectivity index (χ4n) is 0.236. The van der Waals surface area contributed by atoms with Crippen LogP contribution in [0.2, 0.25) is 0 Å². The summed E-state index contributed by atoms with van der Waals surface area (Å²) in [5.74, 6) is 0. The summed E-state index contributed by atoms with van der Waals surface area (Å²) in [6.07, 6.45) is 9.34. The molecule has 0 nitrogen and oxygen atoms in total. The lowest BCUT2D eigenvalue weighted by atomic mass is 10.4. The van der Waals surface area contributed by atoms with Crippen LogP contribution in [0.3, 0.4) is 0 Å². The van der Waals surface area contributed by atoms with E-state index >= 15 is 0 Å². The van der Waals surface area contributed by atoms with Crippen LogP contribution in [-0.4, -0.2) is 0 Å². The molecular weight excluding hydrogens is 108 g/mol. The molecule has 0 radical (unpaired) electrons. The number of rotatable bonds is 1. The first-order valence-electron chi connectivity index (χ1n) is 3.51. The Labute approximate surface area is 59.3 Å². The van der Waals surface area contributed by atoms with E-state index in [1.165, 1.54) is 0 Å². The van der Waals surface area contributed by atoms with Crippen molar-refractivity contribution in [3.8, 4) is 0 Å². The van der Waals surface area contributed by atoms with Gasteiger partial charge in [-0.25, -0.2) is 0 Å². The lowest BCUT2D eigenvalue weighted by molar-refractivity contribution is 1.22. The van der Waals surface area contributed by atoms with Crippen molar-refractivity contribution >= 4 is 0 Å². The van der Waals surface area contributed by atoms with Crippen LogP contribution in [0, 0.1) is 0 Å². The monoisotopic (exact) mass is 126 g/mol. The van der Waals surface area contributed by atoms with Gasteiger partial charge in [-0.15, -0.1) is 0 Å². The molecule has 0 bridgehead atoms. The SMILES string of the molecule is C/C=C/C.C/C=C/CC. The molecule has 0 heterocycles. The van der Waals surface area contributed by atoms with Gasteiger partial charge in [0.25, 0.3) is 0 Å². The van der Waals surface area contributed by atoms with E-state index in [2.05, 4.69) is 19.1 Å². The fraction of sp³-hybridized carbons (Fsp3) is 0.556. The maximum atomic E-state index is 2.12. The molecule has 0 spiro atoms. The van der Waals surface area contributed by atoms with Crippen molar-refractivity contribution in [1.29, 1.82) is 0 Å². The smallest absolute Gasteiger partial charge is 0.0379 e. The maximum Gasteiger partial charge on any atom is -0.0379 e. The van der Waals surface area contributed by atoms with Gasteiger partial charge >= 0.3 is 0 Å². The molecular formula is C9H18. The van der Waals surface area contributed by atoms with Gasteiger partial charge in [-0.2, -0.15) is 0 Å². The van der Waals surface area contributed by atoms with E-state index in [-0.39, 0.29) is 0 Å². The Balaban J connectivity index is 0. The zero-order valence-corrected chi connectivity index (χ0v) is 7.02. The van der Waals surface area contributed by atoms with E-state index in [9.17, 15) is 0 Å². The summed E-state index contributed by atoms with van der Waals surface area (Å²) < 4.78 is 0. The molecule has 0 atom stereocenters. The molecule has 0 aliphatic rings. The Morgan fingerprint density at radius 3 is 1.33 bits per heavy atom. The summed E-state index contributed by atoms with van der Waals surface area (Å²) in [5.41, 5.74) is 0. The Morgan fingerprint density at radius 2 is 1.33 bits per heavy atom. The van der Waals surface area contributed by atoms with Crippen LogP contribution in [-0.2, 0) is 0 Å². The topological polar surface area (TPSA) is 0 Å². The number of hydrogen-bond donors (Lipinski definition) is 0. The molecule has 0 N–H and O–H groups in total. The molecule has 0 fully saturated rings. The van der Waals surface area contributed by atoms with E-state index in [0.717, 1.165) is 6.42 Å². The molecule has 0 unspecified atom stereocenters. The molecule has 0 aliphatic carbocycles. The van der Waals surface area contributed by atoms with Crippen molar-refractivity contribution in [2.75, 3.05) is 0 Å². The second-order valence-corrected chi connectivity index (χ2v) is 1.64. The fourth-order valence-corrected chi connectivity index (χ4v) is 0.236. The van der Waals surface area contributed by atoms with E-state index < -0.39 is 0 Å². The first-order valence-corrected chi connectivity index (χ1v) is 3.51. The van der Waals surface area contributed by atoms with Gasteiger partial charge in [-0.05, 0) is 27.2 Å². The van der Waals surface area contributed by atoms with Gasteiger partial charge in [0.1, 0.15) is 0 Å². The molecule has 0 heteroatoms. The minimum Gasteiger partial charge on any atom is -0.0919 e. The van der Waals surface area contributed by atoms with Crippen LogP contribution in [0.15, 0.2) is 24.3 Å². The zero-order chi connectivity index (χ0) is 7.54. The average Bonchev–Trinajstić information content (AvgIpc) is 1.91. The van der Waals surface area contributed by atoms with Gasteiger partial charge in [-0.3, -0.25) is 0 Å². The van der Waals surface area contributed by atoms with Crippen LogP contribution in [0.25, 0.3) is 0 Å². The quantitative estimate of drug-likeness (QED) is 0.471. The highest BCUT2D eigenvalue weighted by molar-refractivity contribution is 4.73. The van der Waals surface area contributed by atoms with Crippen LogP contribution in [0.4, 0.5) is 0 Å². The van der Waals surface area contributed by atoms with Gasteiger partial charge in [0, 0.05) is 0 Å². The van der Waals surface area contributed by atoms with Crippen molar-refractivity contribution in [3.63, 3.8) is 0 Å². The predicted octanol–water partition coefficient (Wildman–Crippen LogP) is 3.55. The first-order chi connectivity index (χ1) is 4.33. The molecule has 0 aliphatic heterocycles. The van der Waals surface area contributed by atoms with Crippen molar-refractivity contribution in [2.24, 2.45) is 0 Å². The Morgan fingerprint density at radius 1 is 0.889 bits per heavy atom. The molecule has 54 valence electrons. The van der Waals surface area contributed by atoms with E-state index in [1.807, 2.05) is 32.9 Å². The molecule has 0 saturated heterocycles. The molecule has 0 rings (SSSR count). The first kappa shape index (κ1) is 11.3. The van der Waals surface area contributed by atoms with Crippen LogP contribution >= 0.6 is 0 Å². The summed E-state index contributed by atoms with van der Waals surface area (Å²) in [7, 11) is 0. The lowest BCUT2D eigenvalue weighted by Gasteiger charge is -1.65. The second-order valence-electron chi connectivity index (χ2n) is 1.64. The van der Waals surface area contributed by atoms with Crippen LogP contribution in [0.1, 0.15) is 34.1 Å². The van der Waals surface area contributed by atoms with Gasteiger partial charge in [0.05, 0.1) is 0 Å². The Bertz CT molecular complexity index is 64.1. The Hall–Kier alpha value is -0.520. The third-order valence-electron chi connectivity index (χ3n) is 0.805. The minimum atomic E-state index is 1.16. The van der Waals surface area contributed by atoms with E-state index in [0.29, 0.717) is 0 Å². The zero-order valence-electron chi connectivity index (χ0n) is 7.02. The van der Waals surface area contributed by atoms with E-state index in [1.54, 1.807) is 0 Å². The summed E-state index contributed by atoms with van der Waals surface area (Å²) in [6, 6.07) is 0. The van der Waals surface area contributed by atoms with Crippen molar-refractivity contribution < 1.29 is 0 Å². The molecule has 0 amide bonds. The van der Waals surface area contributed by atoms with Gasteiger partial charge in [-0.1, -0.05) is 31.2 Å². The van der Waals surface area contributed by atoms with Gasteiger partial charge in [0.15, 0.2) is 0 Å². The van der Waals surface area contributed by atoms with Crippen LogP contribution in [0.5, 0.6) is 0 Å². The Kier molecular flexibility index (Phi) is 19.6. The van der Waals surface area contributed by atoms with E-state index in [4.69, 9.17) is 0 Å². The lowest BCUT2D eigenvalue weighted by Crippen LogP contribution is -1.43. The summed E-state index contributed by atoms with van der Waals surface area (Å²) >= 11 is 0. The summed E-state index contributed by atoms with van der Waals surface area (Å²) in [6.45, 7) is 8.16. The third-order valence-corrected chi connectivity index (χ3v) is 0.805. The minimum absolute atomic E-state index is 1.16. The molecule has 0 aromatic carbocycles. The van der Waals surface area contributed by atoms with Gasteiger partial charge in [0.2, 0.25) is 0 Å². The average molecular weight is 126 g/mol. The number of allylic oxidation sites excluding steroid dienone is 4. The summed E-state index contributed by atoms with van der Waals surface area (Å²) in [5, 5.41) is 0. The predicted molar refractivity (Wildman–Crippen MR) is 45.6 cm³/mol. The molecule has 0 aromatic rings. The molecule has 0 saturated carbocycles. The second kappa shape index (κ2) is 15.6. The normalized spacial score (nSPS) is 9.78. The van der Waals surface area contributed by atoms with Crippen LogP contribution < -0.4 is 0 Å². The highest BCUT2D eigenvalue weighted by Crippen LogP contribution is 1.73. The molecule has 9 heavy (non-hydrogen) atoms. The maximum absolute atomic E-state index is 2.12.